The van der Waals surface area contributed by atoms with Crippen LogP contribution in [0.2, 0.25) is 0 Å². The molecule has 1 aromatic carbocycles. The van der Waals surface area contributed by atoms with Gasteiger partial charge in [-0.05, 0) is 23.8 Å². The molecule has 116 valence electrons. The van der Waals surface area contributed by atoms with E-state index in [0.29, 0.717) is 6.42 Å². The van der Waals surface area contributed by atoms with E-state index in [1.165, 1.54) is 0 Å². The summed E-state index contributed by atoms with van der Waals surface area (Å²) in [5.74, 6) is 1.80. The Bertz CT molecular complexity index is 623. The van der Waals surface area contributed by atoms with Gasteiger partial charge in [0.2, 0.25) is 5.91 Å². The van der Waals surface area contributed by atoms with Crippen LogP contribution in [0.1, 0.15) is 18.9 Å². The molecule has 4 nitrogen and oxygen atoms in total. The number of methoxy groups -OCH3 is 1. The average molecular weight is 316 g/mol. The lowest BCUT2D eigenvalue weighted by Gasteiger charge is -2.16. The van der Waals surface area contributed by atoms with Crippen LogP contribution < -0.4 is 10.2 Å². The minimum Gasteiger partial charge on any atom is -0.496 e. The predicted molar refractivity (Wildman–Crippen MR) is 92.3 cm³/mol. The van der Waals surface area contributed by atoms with Crippen molar-refractivity contribution in [1.29, 1.82) is 0 Å². The molecule has 5 heteroatoms. The zero-order valence-electron chi connectivity index (χ0n) is 12.8. The molecule has 1 atom stereocenters. The van der Waals surface area contributed by atoms with Crippen molar-refractivity contribution in [2.24, 2.45) is 11.0 Å². The monoisotopic (exact) mass is 316 g/mol. The number of carbonyl (C=O) groups excluding carboxylic acids is 1. The molecular formula is C17H20N2O2S. The van der Waals surface area contributed by atoms with Crippen molar-refractivity contribution in [3.8, 4) is 5.75 Å². The summed E-state index contributed by atoms with van der Waals surface area (Å²) in [5, 5.41) is 4.10. The number of thioether (sulfide) groups is 1. The molecule has 22 heavy (non-hydrogen) atoms. The predicted octanol–water partition coefficient (Wildman–Crippen LogP) is 3.50. The molecule has 1 amide bonds. The Morgan fingerprint density at radius 3 is 3.00 bits per heavy atom. The van der Waals surface area contributed by atoms with Gasteiger partial charge in [0.05, 0.1) is 17.7 Å². The highest BCUT2D eigenvalue weighted by Crippen LogP contribution is 2.30. The van der Waals surface area contributed by atoms with Crippen LogP contribution in [0.4, 0.5) is 0 Å². The van der Waals surface area contributed by atoms with Crippen molar-refractivity contribution < 1.29 is 9.53 Å². The van der Waals surface area contributed by atoms with E-state index >= 15 is 0 Å². The van der Waals surface area contributed by atoms with Crippen LogP contribution in [-0.2, 0) is 4.79 Å². The summed E-state index contributed by atoms with van der Waals surface area (Å²) in [4.78, 5) is 12.3. The minimum absolute atomic E-state index is 0.0304. The first-order chi connectivity index (χ1) is 10.6. The van der Waals surface area contributed by atoms with Crippen molar-refractivity contribution in [1.82, 2.24) is 5.43 Å². The molecule has 0 spiro atoms. The second-order valence-corrected chi connectivity index (χ2v) is 6.08. The topological polar surface area (TPSA) is 50.7 Å². The van der Waals surface area contributed by atoms with Crippen molar-refractivity contribution in [2.45, 2.75) is 18.2 Å². The number of nitrogens with zero attached hydrogens (tertiary/aromatic N) is 1. The maximum Gasteiger partial charge on any atom is 0.240 e. The van der Waals surface area contributed by atoms with Gasteiger partial charge in [-0.3, -0.25) is 4.79 Å². The van der Waals surface area contributed by atoms with Crippen LogP contribution in [0.3, 0.4) is 0 Å². The smallest absolute Gasteiger partial charge is 0.240 e. The van der Waals surface area contributed by atoms with Crippen LogP contribution in [0, 0.1) is 5.92 Å². The number of ether oxygens (including phenoxy) is 1. The van der Waals surface area contributed by atoms with Gasteiger partial charge in [0.1, 0.15) is 5.75 Å². The molecule has 0 aliphatic carbocycles. The highest BCUT2D eigenvalue weighted by molar-refractivity contribution is 7.99. The number of nitrogens with one attached hydrogen (secondary N) is 1. The Morgan fingerprint density at radius 2 is 2.32 bits per heavy atom. The van der Waals surface area contributed by atoms with E-state index in [0.717, 1.165) is 27.7 Å². The van der Waals surface area contributed by atoms with Gasteiger partial charge in [0.15, 0.2) is 0 Å². The lowest BCUT2D eigenvalue weighted by atomic mass is 9.99. The van der Waals surface area contributed by atoms with Gasteiger partial charge in [0, 0.05) is 18.1 Å². The van der Waals surface area contributed by atoms with E-state index in [4.69, 9.17) is 4.74 Å². The van der Waals surface area contributed by atoms with Gasteiger partial charge in [0.25, 0.3) is 0 Å². The number of hydrogen-bond acceptors (Lipinski definition) is 4. The van der Waals surface area contributed by atoms with Crippen molar-refractivity contribution in [2.75, 3.05) is 12.9 Å². The summed E-state index contributed by atoms with van der Waals surface area (Å²) in [6.45, 7) is 5.74. The third-order valence-electron chi connectivity index (χ3n) is 3.30. The maximum absolute atomic E-state index is 11.2. The van der Waals surface area contributed by atoms with Crippen LogP contribution in [0.5, 0.6) is 5.75 Å². The number of hydrogen-bond donors (Lipinski definition) is 1. The van der Waals surface area contributed by atoms with E-state index in [1.807, 2.05) is 37.3 Å². The summed E-state index contributed by atoms with van der Waals surface area (Å²) in [5.41, 5.74) is 4.47. The van der Waals surface area contributed by atoms with Crippen molar-refractivity contribution in [3.63, 3.8) is 0 Å². The molecule has 1 aliphatic heterocycles. The Kier molecular flexibility index (Phi) is 5.83. The van der Waals surface area contributed by atoms with Crippen LogP contribution in [0.25, 0.3) is 6.08 Å². The summed E-state index contributed by atoms with van der Waals surface area (Å²) >= 11 is 1.68. The van der Waals surface area contributed by atoms with Crippen LogP contribution in [0.15, 0.2) is 46.9 Å². The van der Waals surface area contributed by atoms with E-state index in [-0.39, 0.29) is 11.8 Å². The zero-order valence-corrected chi connectivity index (χ0v) is 13.7. The number of allylic oxidation sites excluding steroid dienone is 1. The Labute approximate surface area is 135 Å². The fraction of sp³-hybridized carbons (Fsp3) is 0.294. The number of hydrazone groups is 1. The quantitative estimate of drug-likeness (QED) is 0.645. The summed E-state index contributed by atoms with van der Waals surface area (Å²) in [6.07, 6.45) is 6.30. The molecule has 0 radical (unpaired) electrons. The Morgan fingerprint density at radius 1 is 1.50 bits per heavy atom. The van der Waals surface area contributed by atoms with E-state index < -0.39 is 0 Å². The maximum atomic E-state index is 11.2. The summed E-state index contributed by atoms with van der Waals surface area (Å²) in [6, 6.07) is 6.04. The lowest BCUT2D eigenvalue weighted by molar-refractivity contribution is -0.121. The fourth-order valence-electron chi connectivity index (χ4n) is 2.11. The summed E-state index contributed by atoms with van der Waals surface area (Å²) < 4.78 is 5.37. The Balaban J connectivity index is 2.17. The lowest BCUT2D eigenvalue weighted by Crippen LogP contribution is -2.30. The standard InChI is InChI=1S/C17H20N2O2S/c1-4-9-22-16-11-13(6-8-15(16)21-3)5-7-14-12(2)10-17(20)19-18-14/h4-8,11-12H,1,9-10H2,2-3H3,(H,19,20). The second-order valence-electron chi connectivity index (χ2n) is 5.02. The largest absolute Gasteiger partial charge is 0.496 e. The van der Waals surface area contributed by atoms with Crippen LogP contribution >= 0.6 is 11.8 Å². The highest BCUT2D eigenvalue weighted by atomic mass is 32.2. The average Bonchev–Trinajstić information content (AvgIpc) is 2.52. The third kappa shape index (κ3) is 4.24. The minimum atomic E-state index is -0.0304. The molecule has 1 N–H and O–H groups in total. The molecule has 2 rings (SSSR count). The number of carbonyl (C=O) groups is 1. The van der Waals surface area contributed by atoms with Gasteiger partial charge in [-0.2, -0.15) is 5.10 Å². The normalized spacial score (nSPS) is 18.0. The first kappa shape index (κ1) is 16.4. The molecule has 1 aliphatic rings. The molecular weight excluding hydrogens is 296 g/mol. The molecule has 0 bridgehead atoms. The second kappa shape index (κ2) is 7.84. The van der Waals surface area contributed by atoms with Gasteiger partial charge in [-0.15, -0.1) is 18.3 Å². The van der Waals surface area contributed by atoms with Gasteiger partial charge >= 0.3 is 0 Å². The fourth-order valence-corrected chi connectivity index (χ4v) is 2.92. The highest BCUT2D eigenvalue weighted by Gasteiger charge is 2.17. The molecule has 0 aromatic heterocycles. The zero-order chi connectivity index (χ0) is 15.9. The number of amides is 1. The van der Waals surface area contributed by atoms with Gasteiger partial charge in [-0.1, -0.05) is 25.1 Å². The molecule has 1 unspecified atom stereocenters. The number of benzene rings is 1. The van der Waals surface area contributed by atoms with E-state index in [1.54, 1.807) is 18.9 Å². The first-order valence-corrected chi connectivity index (χ1v) is 8.09. The number of rotatable bonds is 6. The van der Waals surface area contributed by atoms with E-state index in [9.17, 15) is 4.79 Å². The molecule has 0 saturated heterocycles. The van der Waals surface area contributed by atoms with Crippen molar-refractivity contribution in [3.05, 3.63) is 42.5 Å². The van der Waals surface area contributed by atoms with Gasteiger partial charge < -0.3 is 4.74 Å². The Hall–Kier alpha value is -2.01. The molecule has 0 saturated carbocycles. The molecule has 1 heterocycles. The summed E-state index contributed by atoms with van der Waals surface area (Å²) in [7, 11) is 1.67. The SMILES string of the molecule is C=CCSc1cc(C=CC2=NNC(=O)CC2C)ccc1OC. The van der Waals surface area contributed by atoms with Gasteiger partial charge in [-0.25, -0.2) is 5.43 Å². The van der Waals surface area contributed by atoms with Crippen LogP contribution in [-0.4, -0.2) is 24.5 Å². The third-order valence-corrected chi connectivity index (χ3v) is 4.33. The first-order valence-electron chi connectivity index (χ1n) is 7.10. The molecule has 0 fully saturated rings. The van der Waals surface area contributed by atoms with E-state index in [2.05, 4.69) is 23.2 Å². The molecule has 1 aromatic rings. The van der Waals surface area contributed by atoms with Crippen molar-refractivity contribution >= 4 is 29.5 Å².